The molecule has 2 rings (SSSR count). The number of hydrogen-bond acceptors (Lipinski definition) is 2. The third-order valence-electron chi connectivity index (χ3n) is 1.62. The minimum absolute atomic E-state index is 0.767. The van der Waals surface area contributed by atoms with Crippen LogP contribution in [0.4, 0.5) is 0 Å². The molecule has 0 fully saturated rings. The number of nitrogens with zero attached hydrogens (tertiary/aromatic N) is 1. The topological polar surface area (TPSA) is 23.8 Å². The van der Waals surface area contributed by atoms with Gasteiger partial charge in [-0.3, -0.25) is 0 Å². The van der Waals surface area contributed by atoms with Gasteiger partial charge >= 0.3 is 0 Å². The Balaban J connectivity index is 2.92. The summed E-state index contributed by atoms with van der Waals surface area (Å²) in [6, 6.07) is 9.93. The van der Waals surface area contributed by atoms with E-state index in [1.165, 1.54) is 4.70 Å². The van der Waals surface area contributed by atoms with E-state index in [1.54, 1.807) is 11.3 Å². The Labute approximate surface area is 68.5 Å². The molecule has 0 amide bonds. The molecule has 0 bridgehead atoms. The minimum Gasteiger partial charge on any atom is -0.192 e. The molecular formula is C9H5NS. The molecule has 1 heterocycles. The molecule has 0 aliphatic rings. The zero-order valence-corrected chi connectivity index (χ0v) is 6.56. The van der Waals surface area contributed by atoms with Crippen LogP contribution in [0.25, 0.3) is 10.1 Å². The summed E-state index contributed by atoms with van der Waals surface area (Å²) in [5, 5.41) is 11.8. The molecule has 1 aromatic carbocycles. The van der Waals surface area contributed by atoms with Crippen LogP contribution in [0.3, 0.4) is 0 Å². The van der Waals surface area contributed by atoms with Gasteiger partial charge in [-0.1, -0.05) is 6.07 Å². The van der Waals surface area contributed by atoms with Crippen LogP contribution in [0.2, 0.25) is 0 Å². The molecule has 0 radical (unpaired) electrons. The Kier molecular flexibility index (Phi) is 1.38. The standard InChI is InChI=1S/C9H5NS/c10-6-7-2-1-3-9-8(7)4-5-11-9/h1-5H. The molecule has 0 saturated carbocycles. The highest BCUT2D eigenvalue weighted by atomic mass is 32.1. The summed E-state index contributed by atoms with van der Waals surface area (Å²) in [6.45, 7) is 0. The lowest BCUT2D eigenvalue weighted by Gasteiger charge is -1.89. The number of hydrogen-bond donors (Lipinski definition) is 0. The molecule has 0 aliphatic carbocycles. The van der Waals surface area contributed by atoms with E-state index in [-0.39, 0.29) is 0 Å². The first-order chi connectivity index (χ1) is 5.42. The highest BCUT2D eigenvalue weighted by Gasteiger charge is 1.98. The fourth-order valence-electron chi connectivity index (χ4n) is 1.09. The Morgan fingerprint density at radius 2 is 2.18 bits per heavy atom. The summed E-state index contributed by atoms with van der Waals surface area (Å²) in [7, 11) is 0. The van der Waals surface area contributed by atoms with Crippen molar-refractivity contribution in [1.29, 1.82) is 5.26 Å². The van der Waals surface area contributed by atoms with Crippen molar-refractivity contribution in [3.63, 3.8) is 0 Å². The van der Waals surface area contributed by atoms with E-state index in [1.807, 2.05) is 29.6 Å². The first-order valence-corrected chi connectivity index (χ1v) is 4.16. The predicted molar refractivity (Wildman–Crippen MR) is 46.5 cm³/mol. The zero-order chi connectivity index (χ0) is 7.68. The molecule has 0 saturated heterocycles. The van der Waals surface area contributed by atoms with Crippen LogP contribution >= 0.6 is 11.3 Å². The fraction of sp³-hybridized carbons (Fsp3) is 0. The second-order valence-electron chi connectivity index (χ2n) is 2.25. The highest BCUT2D eigenvalue weighted by Crippen LogP contribution is 2.23. The summed E-state index contributed by atoms with van der Waals surface area (Å²) < 4.78 is 1.18. The van der Waals surface area contributed by atoms with Crippen molar-refractivity contribution in [2.24, 2.45) is 0 Å². The Morgan fingerprint density at radius 1 is 1.27 bits per heavy atom. The van der Waals surface area contributed by atoms with Gasteiger partial charge in [0.25, 0.3) is 0 Å². The maximum Gasteiger partial charge on any atom is 0.0998 e. The SMILES string of the molecule is N#Cc1cccc2sccc12. The smallest absolute Gasteiger partial charge is 0.0998 e. The quantitative estimate of drug-likeness (QED) is 0.579. The van der Waals surface area contributed by atoms with E-state index in [2.05, 4.69) is 6.07 Å². The summed E-state index contributed by atoms with van der Waals surface area (Å²) in [5.74, 6) is 0. The molecule has 0 N–H and O–H groups in total. The lowest BCUT2D eigenvalue weighted by atomic mass is 10.1. The van der Waals surface area contributed by atoms with Crippen LogP contribution in [-0.4, -0.2) is 0 Å². The molecular weight excluding hydrogens is 154 g/mol. The van der Waals surface area contributed by atoms with Crippen molar-refractivity contribution >= 4 is 21.4 Å². The molecule has 1 nitrogen and oxygen atoms in total. The number of fused-ring (bicyclic) bond motifs is 1. The van der Waals surface area contributed by atoms with Gasteiger partial charge in [-0.2, -0.15) is 5.26 Å². The Morgan fingerprint density at radius 3 is 3.00 bits per heavy atom. The third kappa shape index (κ3) is 0.903. The van der Waals surface area contributed by atoms with Crippen molar-refractivity contribution in [3.05, 3.63) is 35.2 Å². The average Bonchev–Trinajstić information content (AvgIpc) is 2.50. The molecule has 0 unspecified atom stereocenters. The van der Waals surface area contributed by atoms with Crippen LogP contribution in [-0.2, 0) is 0 Å². The van der Waals surface area contributed by atoms with Crippen LogP contribution in [0.5, 0.6) is 0 Å². The Hall–Kier alpha value is -1.33. The van der Waals surface area contributed by atoms with Crippen molar-refractivity contribution in [2.75, 3.05) is 0 Å². The highest BCUT2D eigenvalue weighted by molar-refractivity contribution is 7.17. The molecule has 0 spiro atoms. The van der Waals surface area contributed by atoms with Gasteiger partial charge in [-0.05, 0) is 23.6 Å². The lowest BCUT2D eigenvalue weighted by molar-refractivity contribution is 1.51. The van der Waals surface area contributed by atoms with Crippen molar-refractivity contribution in [3.8, 4) is 6.07 Å². The number of benzene rings is 1. The molecule has 2 heteroatoms. The summed E-state index contributed by atoms with van der Waals surface area (Å²) in [4.78, 5) is 0. The van der Waals surface area contributed by atoms with E-state index in [9.17, 15) is 0 Å². The van der Waals surface area contributed by atoms with E-state index >= 15 is 0 Å². The maximum absolute atomic E-state index is 8.71. The summed E-state index contributed by atoms with van der Waals surface area (Å²) in [6.07, 6.45) is 0. The monoisotopic (exact) mass is 159 g/mol. The van der Waals surface area contributed by atoms with Gasteiger partial charge in [0.2, 0.25) is 0 Å². The van der Waals surface area contributed by atoms with Crippen LogP contribution in [0, 0.1) is 11.3 Å². The van der Waals surface area contributed by atoms with E-state index < -0.39 is 0 Å². The van der Waals surface area contributed by atoms with Gasteiger partial charge in [0.15, 0.2) is 0 Å². The van der Waals surface area contributed by atoms with Gasteiger partial charge in [0.05, 0.1) is 11.6 Å². The van der Waals surface area contributed by atoms with Crippen molar-refractivity contribution in [2.45, 2.75) is 0 Å². The number of rotatable bonds is 0. The van der Waals surface area contributed by atoms with E-state index in [0.29, 0.717) is 0 Å². The van der Waals surface area contributed by atoms with Crippen molar-refractivity contribution < 1.29 is 0 Å². The van der Waals surface area contributed by atoms with Crippen LogP contribution in [0.1, 0.15) is 5.56 Å². The van der Waals surface area contributed by atoms with Gasteiger partial charge in [-0.25, -0.2) is 0 Å². The Bertz CT molecular complexity index is 422. The fourth-order valence-corrected chi connectivity index (χ4v) is 1.90. The largest absolute Gasteiger partial charge is 0.192 e. The summed E-state index contributed by atoms with van der Waals surface area (Å²) >= 11 is 1.67. The first kappa shape index (κ1) is 6.38. The zero-order valence-electron chi connectivity index (χ0n) is 5.74. The molecule has 0 atom stereocenters. The van der Waals surface area contributed by atoms with Gasteiger partial charge in [-0.15, -0.1) is 11.3 Å². The van der Waals surface area contributed by atoms with Gasteiger partial charge in [0, 0.05) is 10.1 Å². The molecule has 1 aromatic heterocycles. The normalized spacial score (nSPS) is 9.73. The third-order valence-corrected chi connectivity index (χ3v) is 2.50. The van der Waals surface area contributed by atoms with E-state index in [0.717, 1.165) is 10.9 Å². The van der Waals surface area contributed by atoms with Crippen molar-refractivity contribution in [1.82, 2.24) is 0 Å². The van der Waals surface area contributed by atoms with Crippen LogP contribution < -0.4 is 0 Å². The average molecular weight is 159 g/mol. The maximum atomic E-state index is 8.71. The molecule has 0 aliphatic heterocycles. The molecule has 11 heavy (non-hydrogen) atoms. The second kappa shape index (κ2) is 2.37. The number of nitriles is 1. The second-order valence-corrected chi connectivity index (χ2v) is 3.20. The molecule has 52 valence electrons. The minimum atomic E-state index is 0.767. The van der Waals surface area contributed by atoms with Crippen LogP contribution in [0.15, 0.2) is 29.6 Å². The number of thiophene rings is 1. The summed E-state index contributed by atoms with van der Waals surface area (Å²) in [5.41, 5.74) is 0.767. The lowest BCUT2D eigenvalue weighted by Crippen LogP contribution is -1.71. The first-order valence-electron chi connectivity index (χ1n) is 3.28. The predicted octanol–water partition coefficient (Wildman–Crippen LogP) is 2.77. The molecule has 2 aromatic rings. The van der Waals surface area contributed by atoms with Gasteiger partial charge in [0.1, 0.15) is 0 Å². The van der Waals surface area contributed by atoms with E-state index in [4.69, 9.17) is 5.26 Å². The van der Waals surface area contributed by atoms with Gasteiger partial charge < -0.3 is 0 Å².